The number of hydrogen-bond donors (Lipinski definition) is 3. The first-order chi connectivity index (χ1) is 13.9. The van der Waals surface area contributed by atoms with Crippen molar-refractivity contribution in [2.24, 2.45) is 0 Å². The summed E-state index contributed by atoms with van der Waals surface area (Å²) in [6, 6.07) is 4.34. The lowest BCUT2D eigenvalue weighted by Gasteiger charge is -2.26. The first-order valence-corrected chi connectivity index (χ1v) is 9.25. The van der Waals surface area contributed by atoms with Crippen LogP contribution in [0.5, 0.6) is 0 Å². The van der Waals surface area contributed by atoms with E-state index in [4.69, 9.17) is 4.74 Å². The predicted octanol–water partition coefficient (Wildman–Crippen LogP) is 2.74. The Labute approximate surface area is 166 Å². The largest absolute Gasteiger partial charge is 0.381 e. The third-order valence-corrected chi connectivity index (χ3v) is 5.07. The molecule has 0 radical (unpaired) electrons. The van der Waals surface area contributed by atoms with Crippen LogP contribution in [0.25, 0.3) is 11.6 Å². The highest BCUT2D eigenvalue weighted by Crippen LogP contribution is 2.37. The van der Waals surface area contributed by atoms with E-state index in [0.29, 0.717) is 48.6 Å². The summed E-state index contributed by atoms with van der Waals surface area (Å²) in [4.78, 5) is 26.9. The van der Waals surface area contributed by atoms with Crippen molar-refractivity contribution in [3.63, 3.8) is 0 Å². The molecule has 4 rings (SSSR count). The fourth-order valence-electron chi connectivity index (χ4n) is 3.39. The number of amides is 1. The van der Waals surface area contributed by atoms with Gasteiger partial charge in [-0.1, -0.05) is 11.8 Å². The number of anilines is 1. The minimum Gasteiger partial charge on any atom is -0.381 e. The lowest BCUT2D eigenvalue weighted by Crippen LogP contribution is -2.34. The minimum atomic E-state index is -1.25. The van der Waals surface area contributed by atoms with E-state index >= 15 is 0 Å². The molecular weight excluding hydrogens is 375 g/mol. The number of aromatic amines is 1. The summed E-state index contributed by atoms with van der Waals surface area (Å²) in [5, 5.41) is 13.3. The molecule has 2 aromatic rings. The lowest BCUT2D eigenvalue weighted by molar-refractivity contribution is -0.110. The van der Waals surface area contributed by atoms with Crippen LogP contribution >= 0.6 is 0 Å². The maximum absolute atomic E-state index is 14.6. The van der Waals surface area contributed by atoms with Gasteiger partial charge in [-0.3, -0.25) is 9.59 Å². The van der Waals surface area contributed by atoms with Gasteiger partial charge in [0.15, 0.2) is 5.78 Å². The molecule has 1 saturated heterocycles. The number of aromatic nitrogens is 1. The van der Waals surface area contributed by atoms with Gasteiger partial charge in [-0.15, -0.1) is 0 Å². The number of ether oxygens (including phenoxy) is 1. The lowest BCUT2D eigenvalue weighted by atomic mass is 9.93. The molecular formula is C22H19FN2O4. The van der Waals surface area contributed by atoms with Crippen LogP contribution in [0.15, 0.2) is 24.4 Å². The van der Waals surface area contributed by atoms with Crippen LogP contribution < -0.4 is 5.32 Å². The highest BCUT2D eigenvalue weighted by atomic mass is 19.1. The monoisotopic (exact) mass is 394 g/mol. The highest BCUT2D eigenvalue weighted by Gasteiger charge is 2.30. The van der Waals surface area contributed by atoms with Crippen molar-refractivity contribution in [1.82, 2.24) is 4.98 Å². The molecule has 148 valence electrons. The second kappa shape index (κ2) is 7.32. The number of ketones is 1. The Hall–Kier alpha value is -3.21. The van der Waals surface area contributed by atoms with Gasteiger partial charge in [0.25, 0.3) is 5.91 Å². The van der Waals surface area contributed by atoms with Crippen LogP contribution in [-0.2, 0) is 9.53 Å². The second-order valence-electron chi connectivity index (χ2n) is 7.15. The van der Waals surface area contributed by atoms with Crippen molar-refractivity contribution in [3.8, 4) is 11.8 Å². The van der Waals surface area contributed by atoms with Gasteiger partial charge in [-0.25, -0.2) is 4.39 Å². The summed E-state index contributed by atoms with van der Waals surface area (Å²) in [5.41, 5.74) is 0.853. The van der Waals surface area contributed by atoms with E-state index in [2.05, 4.69) is 22.1 Å². The number of H-pyrrole nitrogens is 1. The molecule has 3 heterocycles. The van der Waals surface area contributed by atoms with Crippen LogP contribution in [0, 0.1) is 17.7 Å². The molecule has 1 fully saturated rings. The molecule has 1 aromatic heterocycles. The molecule has 2 aliphatic heterocycles. The van der Waals surface area contributed by atoms with E-state index < -0.39 is 17.3 Å². The molecule has 3 N–H and O–H groups in total. The summed E-state index contributed by atoms with van der Waals surface area (Å²) in [7, 11) is 0. The predicted molar refractivity (Wildman–Crippen MR) is 106 cm³/mol. The number of nitrogens with one attached hydrogen (secondary N) is 2. The fraction of sp³-hybridized carbons (Fsp3) is 0.273. The van der Waals surface area contributed by atoms with Gasteiger partial charge in [-0.05, 0) is 31.2 Å². The second-order valence-corrected chi connectivity index (χ2v) is 7.15. The Balaban J connectivity index is 1.79. The van der Waals surface area contributed by atoms with Gasteiger partial charge in [0.1, 0.15) is 11.4 Å². The van der Waals surface area contributed by atoms with Crippen molar-refractivity contribution in [2.75, 3.05) is 18.5 Å². The van der Waals surface area contributed by atoms with Gasteiger partial charge in [-0.2, -0.15) is 0 Å². The molecule has 0 bridgehead atoms. The Kier molecular flexibility index (Phi) is 4.82. The van der Waals surface area contributed by atoms with Crippen molar-refractivity contribution in [3.05, 3.63) is 52.6 Å². The number of fused-ring (bicyclic) bond motifs is 1. The average Bonchev–Trinajstić information content (AvgIpc) is 3.27. The Morgan fingerprint density at radius 3 is 2.79 bits per heavy atom. The molecule has 1 aromatic carbocycles. The smallest absolute Gasteiger partial charge is 0.256 e. The van der Waals surface area contributed by atoms with E-state index in [1.165, 1.54) is 19.1 Å². The Morgan fingerprint density at radius 1 is 1.34 bits per heavy atom. The standard InChI is InChI=1S/C22H19FN2O4/c1-13(26)14-10-15(24-12-14)11-17-20-16(4-5-22(28)6-8-29-9-7-22)18(23)2-3-19(20)25-21(17)27/h2-3,10-12,24,28H,6-9H2,1H3,(H,25,27)/b17-11-. The number of Topliss-reactive ketones (excluding diaryl/α,β-unsaturated/α-hetero) is 1. The first kappa shape index (κ1) is 19.1. The molecule has 0 saturated carbocycles. The normalized spacial score (nSPS) is 18.7. The highest BCUT2D eigenvalue weighted by molar-refractivity contribution is 6.35. The molecule has 2 aliphatic rings. The summed E-state index contributed by atoms with van der Waals surface area (Å²) >= 11 is 0. The van der Waals surface area contributed by atoms with Gasteiger partial charge in [0.05, 0.1) is 30.0 Å². The van der Waals surface area contributed by atoms with Crippen molar-refractivity contribution in [2.45, 2.75) is 25.4 Å². The quantitative estimate of drug-likeness (QED) is 0.415. The van der Waals surface area contributed by atoms with Gasteiger partial charge in [0.2, 0.25) is 0 Å². The Bertz CT molecular complexity index is 1100. The van der Waals surface area contributed by atoms with Gasteiger partial charge in [0, 0.05) is 35.9 Å². The first-order valence-electron chi connectivity index (χ1n) is 9.25. The van der Waals surface area contributed by atoms with Crippen LogP contribution in [0.3, 0.4) is 0 Å². The van der Waals surface area contributed by atoms with Crippen molar-refractivity contribution in [1.29, 1.82) is 0 Å². The third-order valence-electron chi connectivity index (χ3n) is 5.07. The zero-order valence-corrected chi connectivity index (χ0v) is 15.8. The van der Waals surface area contributed by atoms with Crippen LogP contribution in [0.1, 0.15) is 46.9 Å². The number of hydrogen-bond acceptors (Lipinski definition) is 4. The molecule has 0 unspecified atom stereocenters. The fourth-order valence-corrected chi connectivity index (χ4v) is 3.39. The molecule has 0 atom stereocenters. The van der Waals surface area contributed by atoms with E-state index in [9.17, 15) is 19.1 Å². The number of carbonyl (C=O) groups is 2. The molecule has 6 nitrogen and oxygen atoms in total. The van der Waals surface area contributed by atoms with Crippen LogP contribution in [-0.4, -0.2) is 40.6 Å². The van der Waals surface area contributed by atoms with E-state index in [0.717, 1.165) is 0 Å². The van der Waals surface area contributed by atoms with Gasteiger partial charge < -0.3 is 20.1 Å². The molecule has 0 spiro atoms. The Morgan fingerprint density at radius 2 is 2.10 bits per heavy atom. The van der Waals surface area contributed by atoms with Crippen molar-refractivity contribution >= 4 is 29.0 Å². The minimum absolute atomic E-state index is 0.0466. The molecule has 1 amide bonds. The van der Waals surface area contributed by atoms with Crippen LogP contribution in [0.2, 0.25) is 0 Å². The summed E-state index contributed by atoms with van der Waals surface area (Å²) in [6.07, 6.45) is 3.79. The van der Waals surface area contributed by atoms with Gasteiger partial charge >= 0.3 is 0 Å². The van der Waals surface area contributed by atoms with Crippen molar-refractivity contribution < 1.29 is 23.8 Å². The number of aliphatic hydroxyl groups is 1. The zero-order valence-electron chi connectivity index (χ0n) is 15.8. The molecule has 7 heteroatoms. The topological polar surface area (TPSA) is 91.4 Å². The number of carbonyl (C=O) groups excluding carboxylic acids is 2. The summed E-state index contributed by atoms with van der Waals surface area (Å²) in [5.74, 6) is 4.45. The van der Waals surface area contributed by atoms with E-state index in [1.807, 2.05) is 0 Å². The number of benzene rings is 1. The van der Waals surface area contributed by atoms with E-state index in [1.54, 1.807) is 18.3 Å². The molecule has 29 heavy (non-hydrogen) atoms. The zero-order chi connectivity index (χ0) is 20.6. The maximum atomic E-state index is 14.6. The van der Waals surface area contributed by atoms with Crippen LogP contribution in [0.4, 0.5) is 10.1 Å². The maximum Gasteiger partial charge on any atom is 0.256 e. The molecule has 0 aliphatic carbocycles. The number of rotatable bonds is 2. The number of halogens is 1. The summed E-state index contributed by atoms with van der Waals surface area (Å²) in [6.45, 7) is 2.22. The third kappa shape index (κ3) is 3.73. The van der Waals surface area contributed by atoms with E-state index in [-0.39, 0.29) is 16.9 Å². The SMILES string of the molecule is CC(=O)c1c[nH]c(/C=C2\C(=O)Nc3ccc(F)c(C#CC4(O)CCOCC4)c32)c1. The average molecular weight is 394 g/mol. The summed E-state index contributed by atoms with van der Waals surface area (Å²) < 4.78 is 19.9.